The second kappa shape index (κ2) is 7.37. The van der Waals surface area contributed by atoms with Crippen LogP contribution in [0.1, 0.15) is 59.3 Å². The Bertz CT molecular complexity index is 803. The van der Waals surface area contributed by atoms with Crippen LogP contribution in [0.2, 0.25) is 0 Å². The summed E-state index contributed by atoms with van der Waals surface area (Å²) in [6, 6.07) is 0. The maximum atomic E-state index is 13.2. The predicted octanol–water partition coefficient (Wildman–Crippen LogP) is 2.71. The number of rotatable bonds is 7. The van der Waals surface area contributed by atoms with Crippen LogP contribution in [0.5, 0.6) is 0 Å². The first-order valence-corrected chi connectivity index (χ1v) is 11.4. The van der Waals surface area contributed by atoms with E-state index >= 15 is 0 Å². The smallest absolute Gasteiger partial charge is 0.459 e. The van der Waals surface area contributed by atoms with Crippen LogP contribution in [0.3, 0.4) is 0 Å². The molecule has 4 aliphatic carbocycles. The van der Waals surface area contributed by atoms with Crippen molar-refractivity contribution in [1.29, 1.82) is 0 Å². The van der Waals surface area contributed by atoms with E-state index in [-0.39, 0.29) is 12.6 Å². The molecular weight excluding hydrogens is 426 g/mol. The lowest BCUT2D eigenvalue weighted by Gasteiger charge is -2.60. The second-order valence-corrected chi connectivity index (χ2v) is 11.4. The molecule has 0 saturated heterocycles. The molecule has 11 heteroatoms. The van der Waals surface area contributed by atoms with Gasteiger partial charge in [0.1, 0.15) is 12.2 Å². The SMILES string of the molecule is CC(C)(C)C(=O)OC12CC3CC(CC(OCCOC(=O)C(F)(F)S(=O)(=O)O)(C3)C1)C2. The fourth-order valence-corrected chi connectivity index (χ4v) is 5.59. The van der Waals surface area contributed by atoms with Crippen LogP contribution >= 0.6 is 0 Å². The van der Waals surface area contributed by atoms with Crippen molar-refractivity contribution in [2.75, 3.05) is 13.2 Å². The Kier molecular flexibility index (Phi) is 5.73. The summed E-state index contributed by atoms with van der Waals surface area (Å²) in [5.41, 5.74) is -1.84. The molecule has 0 heterocycles. The van der Waals surface area contributed by atoms with Crippen molar-refractivity contribution < 1.29 is 45.6 Å². The van der Waals surface area contributed by atoms with Crippen molar-refractivity contribution in [2.24, 2.45) is 17.3 Å². The molecule has 0 aromatic heterocycles. The average molecular weight is 454 g/mol. The number of hydrogen-bond donors (Lipinski definition) is 1. The average Bonchev–Trinajstić information content (AvgIpc) is 2.55. The zero-order chi connectivity index (χ0) is 22.6. The molecule has 172 valence electrons. The van der Waals surface area contributed by atoms with Gasteiger partial charge < -0.3 is 14.2 Å². The minimum atomic E-state index is -5.90. The molecule has 0 radical (unpaired) electrons. The summed E-state index contributed by atoms with van der Waals surface area (Å²) in [4.78, 5) is 23.8. The zero-order valence-corrected chi connectivity index (χ0v) is 18.1. The van der Waals surface area contributed by atoms with Crippen molar-refractivity contribution in [3.63, 3.8) is 0 Å². The van der Waals surface area contributed by atoms with E-state index < -0.39 is 44.6 Å². The van der Waals surface area contributed by atoms with Gasteiger partial charge in [0.05, 0.1) is 17.6 Å². The number of carbonyl (C=O) groups excluding carboxylic acids is 2. The van der Waals surface area contributed by atoms with Gasteiger partial charge in [-0.25, -0.2) is 4.79 Å². The first-order valence-electron chi connectivity index (χ1n) is 9.97. The molecule has 0 aliphatic heterocycles. The maximum absolute atomic E-state index is 13.2. The third-order valence-electron chi connectivity index (χ3n) is 6.16. The Morgan fingerprint density at radius 3 is 2.03 bits per heavy atom. The molecule has 30 heavy (non-hydrogen) atoms. The number of alkyl halides is 2. The molecule has 4 bridgehead atoms. The van der Waals surface area contributed by atoms with Crippen LogP contribution in [0.15, 0.2) is 0 Å². The summed E-state index contributed by atoms with van der Waals surface area (Å²) >= 11 is 0. The van der Waals surface area contributed by atoms with Gasteiger partial charge in [-0.3, -0.25) is 9.35 Å². The van der Waals surface area contributed by atoms with Crippen molar-refractivity contribution >= 4 is 22.1 Å². The van der Waals surface area contributed by atoms with Crippen LogP contribution in [0, 0.1) is 17.3 Å². The zero-order valence-electron chi connectivity index (χ0n) is 17.3. The fourth-order valence-electron chi connectivity index (χ4n) is 5.32. The molecule has 4 aliphatic rings. The third kappa shape index (κ3) is 4.47. The monoisotopic (exact) mass is 454 g/mol. The van der Waals surface area contributed by atoms with Crippen LogP contribution in [-0.4, -0.2) is 54.6 Å². The van der Waals surface area contributed by atoms with E-state index in [1.807, 2.05) is 0 Å². The highest BCUT2D eigenvalue weighted by molar-refractivity contribution is 7.87. The molecular formula is C19H28F2O8S. The lowest BCUT2D eigenvalue weighted by atomic mass is 9.52. The van der Waals surface area contributed by atoms with Gasteiger partial charge in [-0.05, 0) is 64.7 Å². The number of esters is 2. The Morgan fingerprint density at radius 2 is 1.53 bits per heavy atom. The molecule has 2 unspecified atom stereocenters. The largest absolute Gasteiger partial charge is 0.465 e. The van der Waals surface area contributed by atoms with E-state index in [9.17, 15) is 26.8 Å². The van der Waals surface area contributed by atoms with Crippen LogP contribution in [0.4, 0.5) is 8.78 Å². The molecule has 1 N–H and O–H groups in total. The second-order valence-electron chi connectivity index (χ2n) is 9.94. The van der Waals surface area contributed by atoms with E-state index in [1.54, 1.807) is 20.8 Å². The van der Waals surface area contributed by atoms with Gasteiger partial charge in [0, 0.05) is 6.42 Å². The molecule has 0 amide bonds. The minimum Gasteiger partial charge on any atom is -0.459 e. The van der Waals surface area contributed by atoms with Gasteiger partial charge in [-0.15, -0.1) is 0 Å². The third-order valence-corrected chi connectivity index (χ3v) is 6.98. The highest BCUT2D eigenvalue weighted by Crippen LogP contribution is 2.60. The summed E-state index contributed by atoms with van der Waals surface area (Å²) < 4.78 is 72.3. The number of carbonyl (C=O) groups is 2. The first kappa shape index (κ1) is 23.3. The lowest BCUT2D eigenvalue weighted by Crippen LogP contribution is -2.62. The van der Waals surface area contributed by atoms with Crippen molar-refractivity contribution in [3.8, 4) is 0 Å². The summed E-state index contributed by atoms with van der Waals surface area (Å²) in [7, 11) is -5.90. The molecule has 2 atom stereocenters. The van der Waals surface area contributed by atoms with Gasteiger partial charge >= 0.3 is 27.3 Å². The number of halogens is 2. The van der Waals surface area contributed by atoms with Gasteiger partial charge in [0.25, 0.3) is 0 Å². The summed E-state index contributed by atoms with van der Waals surface area (Å²) in [5, 5.41) is -5.03. The van der Waals surface area contributed by atoms with Gasteiger partial charge in [0.15, 0.2) is 0 Å². The molecule has 8 nitrogen and oxygen atoms in total. The molecule has 4 fully saturated rings. The Morgan fingerprint density at radius 1 is 1.00 bits per heavy atom. The molecule has 0 spiro atoms. The Labute approximate surface area is 174 Å². The summed E-state index contributed by atoms with van der Waals surface area (Å²) in [6.07, 6.45) is 4.54. The van der Waals surface area contributed by atoms with E-state index in [2.05, 4.69) is 4.74 Å². The lowest BCUT2D eigenvalue weighted by molar-refractivity contribution is -0.240. The summed E-state index contributed by atoms with van der Waals surface area (Å²) in [6.45, 7) is 4.57. The number of hydrogen-bond acceptors (Lipinski definition) is 7. The van der Waals surface area contributed by atoms with Gasteiger partial charge in [0.2, 0.25) is 0 Å². The minimum absolute atomic E-state index is 0.212. The quantitative estimate of drug-likeness (QED) is 0.355. The molecule has 4 rings (SSSR count). The van der Waals surface area contributed by atoms with Gasteiger partial charge in [-0.2, -0.15) is 17.2 Å². The highest BCUT2D eigenvalue weighted by Gasteiger charge is 2.61. The maximum Gasteiger partial charge on any atom is 0.465 e. The Hall–Kier alpha value is -1.33. The van der Waals surface area contributed by atoms with E-state index in [1.165, 1.54) is 0 Å². The first-order chi connectivity index (χ1) is 13.6. The van der Waals surface area contributed by atoms with Crippen molar-refractivity contribution in [3.05, 3.63) is 0 Å². The van der Waals surface area contributed by atoms with Crippen molar-refractivity contribution in [2.45, 2.75) is 75.8 Å². The van der Waals surface area contributed by atoms with Crippen LogP contribution in [0.25, 0.3) is 0 Å². The van der Waals surface area contributed by atoms with Crippen LogP contribution in [-0.2, 0) is 33.9 Å². The van der Waals surface area contributed by atoms with Gasteiger partial charge in [-0.1, -0.05) is 0 Å². The highest BCUT2D eigenvalue weighted by atomic mass is 32.2. The molecule has 4 saturated carbocycles. The fraction of sp³-hybridized carbons (Fsp3) is 0.895. The predicted molar refractivity (Wildman–Crippen MR) is 99.1 cm³/mol. The normalized spacial score (nSPS) is 33.4. The number of ether oxygens (including phenoxy) is 3. The molecule has 0 aromatic rings. The topological polar surface area (TPSA) is 116 Å². The van der Waals surface area contributed by atoms with Crippen molar-refractivity contribution in [1.82, 2.24) is 0 Å². The molecule has 0 aromatic carbocycles. The standard InChI is InChI=1S/C19H28F2O8S/c1-16(2,3)14(22)29-18-9-12-6-13(10-18)8-17(7-12,11-18)28-5-4-27-15(23)19(20,21)30(24,25)26/h12-13H,4-11H2,1-3H3,(H,24,25,26). The van der Waals surface area contributed by atoms with E-state index in [4.69, 9.17) is 14.0 Å². The Balaban J connectivity index is 1.60. The van der Waals surface area contributed by atoms with E-state index in [0.717, 1.165) is 32.1 Å². The summed E-state index contributed by atoms with van der Waals surface area (Å²) in [5.74, 6) is -1.98. The van der Waals surface area contributed by atoms with E-state index in [0.29, 0.717) is 18.3 Å². The van der Waals surface area contributed by atoms with Crippen LogP contribution < -0.4 is 0 Å².